The SMILES string of the molecule is COc1ccccc1C1(C(=O)Nc2nc(C)cs2)CCC1. The molecule has 0 atom stereocenters. The predicted molar refractivity (Wildman–Crippen MR) is 84.0 cm³/mol. The fraction of sp³-hybridized carbons (Fsp3) is 0.375. The van der Waals surface area contributed by atoms with Crippen LogP contribution >= 0.6 is 11.3 Å². The van der Waals surface area contributed by atoms with Gasteiger partial charge in [0.15, 0.2) is 5.13 Å². The third kappa shape index (κ3) is 2.42. The first-order chi connectivity index (χ1) is 10.2. The third-order valence-corrected chi connectivity index (χ3v) is 4.98. The highest BCUT2D eigenvalue weighted by molar-refractivity contribution is 7.13. The van der Waals surface area contributed by atoms with E-state index in [9.17, 15) is 4.79 Å². The van der Waals surface area contributed by atoms with E-state index in [1.807, 2.05) is 36.6 Å². The van der Waals surface area contributed by atoms with Gasteiger partial charge in [-0.1, -0.05) is 24.6 Å². The quantitative estimate of drug-likeness (QED) is 0.940. The molecular weight excluding hydrogens is 284 g/mol. The molecule has 1 amide bonds. The molecule has 1 heterocycles. The second-order valence-electron chi connectivity index (χ2n) is 5.38. The number of anilines is 1. The first-order valence-corrected chi connectivity index (χ1v) is 7.91. The summed E-state index contributed by atoms with van der Waals surface area (Å²) in [7, 11) is 1.65. The highest BCUT2D eigenvalue weighted by atomic mass is 32.1. The minimum absolute atomic E-state index is 0.0209. The lowest BCUT2D eigenvalue weighted by molar-refractivity contribution is -0.124. The molecule has 0 unspecified atom stereocenters. The van der Waals surface area contributed by atoms with Gasteiger partial charge in [0.2, 0.25) is 5.91 Å². The van der Waals surface area contributed by atoms with Crippen molar-refractivity contribution in [2.24, 2.45) is 0 Å². The van der Waals surface area contributed by atoms with Gasteiger partial charge in [-0.3, -0.25) is 4.79 Å². The molecule has 1 aromatic heterocycles. The van der Waals surface area contributed by atoms with Gasteiger partial charge in [-0.25, -0.2) is 4.98 Å². The molecule has 0 spiro atoms. The van der Waals surface area contributed by atoms with Gasteiger partial charge < -0.3 is 10.1 Å². The van der Waals surface area contributed by atoms with Crippen molar-refractivity contribution in [1.82, 2.24) is 4.98 Å². The number of nitrogens with zero attached hydrogens (tertiary/aromatic N) is 1. The van der Waals surface area contributed by atoms with Crippen molar-refractivity contribution in [3.05, 3.63) is 40.9 Å². The number of para-hydroxylation sites is 1. The van der Waals surface area contributed by atoms with E-state index in [-0.39, 0.29) is 5.91 Å². The van der Waals surface area contributed by atoms with Crippen LogP contribution in [0.2, 0.25) is 0 Å². The minimum atomic E-state index is -0.480. The molecule has 1 aliphatic carbocycles. The molecule has 3 rings (SSSR count). The number of thiazole rings is 1. The number of methoxy groups -OCH3 is 1. The largest absolute Gasteiger partial charge is 0.496 e. The molecule has 2 aromatic rings. The van der Waals surface area contributed by atoms with E-state index in [0.29, 0.717) is 5.13 Å². The van der Waals surface area contributed by atoms with Gasteiger partial charge in [-0.05, 0) is 25.8 Å². The molecule has 1 aliphatic rings. The lowest BCUT2D eigenvalue weighted by Crippen LogP contribution is -2.46. The molecule has 1 aromatic carbocycles. The number of benzene rings is 1. The Morgan fingerprint density at radius 1 is 1.38 bits per heavy atom. The Morgan fingerprint density at radius 3 is 2.71 bits per heavy atom. The lowest BCUT2D eigenvalue weighted by atomic mass is 9.63. The number of carbonyl (C=O) groups is 1. The summed E-state index contributed by atoms with van der Waals surface area (Å²) in [5.41, 5.74) is 1.42. The standard InChI is InChI=1S/C16H18N2O2S/c1-11-10-21-15(17-11)18-14(19)16(8-5-9-16)12-6-3-4-7-13(12)20-2/h3-4,6-7,10H,5,8-9H2,1-2H3,(H,17,18,19). The summed E-state index contributed by atoms with van der Waals surface area (Å²) in [6.07, 6.45) is 2.76. The molecule has 0 radical (unpaired) electrons. The molecule has 110 valence electrons. The van der Waals surface area contributed by atoms with E-state index in [1.165, 1.54) is 11.3 Å². The Balaban J connectivity index is 1.91. The molecule has 0 saturated heterocycles. The van der Waals surface area contributed by atoms with Crippen LogP contribution in [0.4, 0.5) is 5.13 Å². The summed E-state index contributed by atoms with van der Waals surface area (Å²) in [5.74, 6) is 0.801. The number of ether oxygens (including phenoxy) is 1. The fourth-order valence-electron chi connectivity index (χ4n) is 2.82. The molecule has 0 aliphatic heterocycles. The van der Waals surface area contributed by atoms with Crippen LogP contribution in [-0.2, 0) is 10.2 Å². The summed E-state index contributed by atoms with van der Waals surface area (Å²) in [6.45, 7) is 1.92. The van der Waals surface area contributed by atoms with Gasteiger partial charge >= 0.3 is 0 Å². The number of carbonyl (C=O) groups excluding carboxylic acids is 1. The number of aromatic nitrogens is 1. The Bertz CT molecular complexity index is 662. The minimum Gasteiger partial charge on any atom is -0.496 e. The van der Waals surface area contributed by atoms with Crippen LogP contribution in [0.25, 0.3) is 0 Å². The summed E-state index contributed by atoms with van der Waals surface area (Å²) in [5, 5.41) is 5.57. The van der Waals surface area contributed by atoms with Crippen LogP contribution < -0.4 is 10.1 Å². The lowest BCUT2D eigenvalue weighted by Gasteiger charge is -2.41. The number of hydrogen-bond donors (Lipinski definition) is 1. The van der Waals surface area contributed by atoms with Crippen molar-refractivity contribution in [2.75, 3.05) is 12.4 Å². The van der Waals surface area contributed by atoms with Gasteiger partial charge in [0.05, 0.1) is 18.2 Å². The topological polar surface area (TPSA) is 51.2 Å². The van der Waals surface area contributed by atoms with Crippen LogP contribution in [0.3, 0.4) is 0 Å². The van der Waals surface area contributed by atoms with E-state index in [2.05, 4.69) is 10.3 Å². The van der Waals surface area contributed by atoms with Crippen molar-refractivity contribution in [3.63, 3.8) is 0 Å². The van der Waals surface area contributed by atoms with Gasteiger partial charge in [0.25, 0.3) is 0 Å². The Kier molecular flexibility index (Phi) is 3.68. The van der Waals surface area contributed by atoms with E-state index < -0.39 is 5.41 Å². The molecule has 1 N–H and O–H groups in total. The van der Waals surface area contributed by atoms with Crippen LogP contribution in [0.1, 0.15) is 30.5 Å². The normalized spacial score (nSPS) is 16.1. The number of nitrogens with one attached hydrogen (secondary N) is 1. The molecule has 1 fully saturated rings. The van der Waals surface area contributed by atoms with Gasteiger partial charge in [-0.2, -0.15) is 0 Å². The summed E-state index contributed by atoms with van der Waals surface area (Å²) >= 11 is 1.46. The average Bonchev–Trinajstić information content (AvgIpc) is 2.83. The zero-order valence-electron chi connectivity index (χ0n) is 12.2. The van der Waals surface area contributed by atoms with E-state index in [0.717, 1.165) is 36.3 Å². The summed E-state index contributed by atoms with van der Waals surface area (Å²) in [6, 6.07) is 7.79. The van der Waals surface area contributed by atoms with E-state index in [4.69, 9.17) is 4.74 Å². The van der Waals surface area contributed by atoms with E-state index >= 15 is 0 Å². The van der Waals surface area contributed by atoms with Crippen molar-refractivity contribution >= 4 is 22.4 Å². The zero-order chi connectivity index (χ0) is 14.9. The monoisotopic (exact) mass is 302 g/mol. The maximum Gasteiger partial charge on any atom is 0.236 e. The molecule has 0 bridgehead atoms. The molecule has 4 nitrogen and oxygen atoms in total. The van der Waals surface area contributed by atoms with Crippen LogP contribution in [-0.4, -0.2) is 18.0 Å². The number of aryl methyl sites for hydroxylation is 1. The Morgan fingerprint density at radius 2 is 2.14 bits per heavy atom. The zero-order valence-corrected chi connectivity index (χ0v) is 13.0. The van der Waals surface area contributed by atoms with Crippen LogP contribution in [0.15, 0.2) is 29.6 Å². The van der Waals surface area contributed by atoms with Crippen LogP contribution in [0.5, 0.6) is 5.75 Å². The Labute approximate surface area is 128 Å². The maximum absolute atomic E-state index is 12.8. The highest BCUT2D eigenvalue weighted by Gasteiger charge is 2.47. The predicted octanol–water partition coefficient (Wildman–Crippen LogP) is 3.52. The van der Waals surface area contributed by atoms with E-state index in [1.54, 1.807) is 7.11 Å². The fourth-order valence-corrected chi connectivity index (χ4v) is 3.50. The van der Waals surface area contributed by atoms with Crippen LogP contribution in [0, 0.1) is 6.92 Å². The van der Waals surface area contributed by atoms with Gasteiger partial charge in [0.1, 0.15) is 5.75 Å². The Hall–Kier alpha value is -1.88. The van der Waals surface area contributed by atoms with Crippen molar-refractivity contribution in [2.45, 2.75) is 31.6 Å². The number of hydrogen-bond acceptors (Lipinski definition) is 4. The van der Waals surface area contributed by atoms with Crippen molar-refractivity contribution in [1.29, 1.82) is 0 Å². The average molecular weight is 302 g/mol. The van der Waals surface area contributed by atoms with Gasteiger partial charge in [-0.15, -0.1) is 11.3 Å². The van der Waals surface area contributed by atoms with Crippen molar-refractivity contribution < 1.29 is 9.53 Å². The summed E-state index contributed by atoms with van der Waals surface area (Å²) in [4.78, 5) is 17.1. The smallest absolute Gasteiger partial charge is 0.236 e. The maximum atomic E-state index is 12.8. The molecule has 21 heavy (non-hydrogen) atoms. The second kappa shape index (κ2) is 5.48. The second-order valence-corrected chi connectivity index (χ2v) is 6.24. The first-order valence-electron chi connectivity index (χ1n) is 7.03. The molecular formula is C16H18N2O2S. The molecule has 5 heteroatoms. The molecule has 1 saturated carbocycles. The summed E-state index contributed by atoms with van der Waals surface area (Å²) < 4.78 is 5.44. The van der Waals surface area contributed by atoms with Gasteiger partial charge in [0, 0.05) is 10.9 Å². The first kappa shape index (κ1) is 14.1. The third-order valence-electron chi connectivity index (χ3n) is 4.10. The highest BCUT2D eigenvalue weighted by Crippen LogP contribution is 2.47. The van der Waals surface area contributed by atoms with Crippen molar-refractivity contribution in [3.8, 4) is 5.75 Å². The number of rotatable bonds is 4. The number of amides is 1.